The third kappa shape index (κ3) is 5.26. The van der Waals surface area contributed by atoms with Crippen LogP contribution in [0.4, 0.5) is 11.4 Å². The van der Waals surface area contributed by atoms with Gasteiger partial charge in [0.1, 0.15) is 0 Å². The second-order valence-electron chi connectivity index (χ2n) is 11.7. The Morgan fingerprint density at radius 1 is 1.02 bits per heavy atom. The zero-order chi connectivity index (χ0) is 30.1. The molecule has 3 aromatic carbocycles. The Labute approximate surface area is 251 Å². The summed E-state index contributed by atoms with van der Waals surface area (Å²) < 4.78 is 0. The molecule has 3 atom stereocenters. The number of benzene rings is 3. The molecule has 0 spiro atoms. The maximum absolute atomic E-state index is 13.9. The minimum atomic E-state index is -1.78. The van der Waals surface area contributed by atoms with Crippen molar-refractivity contribution in [2.75, 3.05) is 23.0 Å². The first-order valence-electron chi connectivity index (χ1n) is 15.0. The SMILES string of the molecule is C[C@H](/C=C/CC(=O)N1Cc2ccccc2C[C@H]1CO)[C@@]1(O)C(=O)N(Cc2ccc(N3CCCC3=O)cc2)c2ccccc21. The van der Waals surface area contributed by atoms with Crippen LogP contribution in [0.5, 0.6) is 0 Å². The van der Waals surface area contributed by atoms with E-state index >= 15 is 0 Å². The normalized spacial score (nSPS) is 22.3. The minimum Gasteiger partial charge on any atom is -0.394 e. The van der Waals surface area contributed by atoms with Crippen molar-refractivity contribution in [1.82, 2.24) is 4.90 Å². The molecule has 6 rings (SSSR count). The fourth-order valence-corrected chi connectivity index (χ4v) is 6.62. The molecule has 222 valence electrons. The number of carbonyl (C=O) groups excluding carboxylic acids is 3. The lowest BCUT2D eigenvalue weighted by atomic mass is 9.83. The number of para-hydroxylation sites is 1. The largest absolute Gasteiger partial charge is 0.394 e. The van der Waals surface area contributed by atoms with Crippen molar-refractivity contribution in [2.24, 2.45) is 5.92 Å². The van der Waals surface area contributed by atoms with E-state index < -0.39 is 17.4 Å². The van der Waals surface area contributed by atoms with Gasteiger partial charge in [-0.25, -0.2) is 0 Å². The topological polar surface area (TPSA) is 101 Å². The quantitative estimate of drug-likeness (QED) is 0.392. The molecule has 3 heterocycles. The highest BCUT2D eigenvalue weighted by molar-refractivity contribution is 6.07. The Morgan fingerprint density at radius 3 is 2.47 bits per heavy atom. The lowest BCUT2D eigenvalue weighted by molar-refractivity contribution is -0.139. The first kappa shape index (κ1) is 28.8. The molecule has 1 saturated heterocycles. The summed E-state index contributed by atoms with van der Waals surface area (Å²) >= 11 is 0. The van der Waals surface area contributed by atoms with E-state index in [0.29, 0.717) is 37.2 Å². The van der Waals surface area contributed by atoms with Gasteiger partial charge in [-0.1, -0.05) is 73.7 Å². The highest BCUT2D eigenvalue weighted by Gasteiger charge is 2.52. The van der Waals surface area contributed by atoms with Crippen LogP contribution in [0, 0.1) is 5.92 Å². The number of carbonyl (C=O) groups is 3. The highest BCUT2D eigenvalue weighted by atomic mass is 16.3. The van der Waals surface area contributed by atoms with E-state index in [2.05, 4.69) is 0 Å². The van der Waals surface area contributed by atoms with Crippen LogP contribution in [0.2, 0.25) is 0 Å². The number of amides is 3. The first-order chi connectivity index (χ1) is 20.8. The van der Waals surface area contributed by atoms with Gasteiger partial charge in [0.05, 0.1) is 24.9 Å². The van der Waals surface area contributed by atoms with Gasteiger partial charge in [0.2, 0.25) is 11.8 Å². The van der Waals surface area contributed by atoms with Crippen LogP contribution >= 0.6 is 0 Å². The number of hydrogen-bond acceptors (Lipinski definition) is 5. The predicted octanol–water partition coefficient (Wildman–Crippen LogP) is 4.08. The van der Waals surface area contributed by atoms with Gasteiger partial charge < -0.3 is 24.9 Å². The average molecular weight is 580 g/mol. The van der Waals surface area contributed by atoms with Gasteiger partial charge in [-0.3, -0.25) is 14.4 Å². The molecule has 3 aliphatic heterocycles. The number of aliphatic hydroxyl groups excluding tert-OH is 1. The summed E-state index contributed by atoms with van der Waals surface area (Å²) in [5.41, 5.74) is 3.38. The van der Waals surface area contributed by atoms with Crippen LogP contribution < -0.4 is 9.80 Å². The van der Waals surface area contributed by atoms with E-state index in [1.165, 1.54) is 0 Å². The number of rotatable bonds is 8. The maximum Gasteiger partial charge on any atom is 0.264 e. The van der Waals surface area contributed by atoms with Crippen molar-refractivity contribution in [3.63, 3.8) is 0 Å². The van der Waals surface area contributed by atoms with E-state index in [4.69, 9.17) is 0 Å². The van der Waals surface area contributed by atoms with Crippen LogP contribution in [-0.4, -0.2) is 52.0 Å². The fourth-order valence-electron chi connectivity index (χ4n) is 6.62. The second-order valence-corrected chi connectivity index (χ2v) is 11.7. The molecule has 3 aromatic rings. The van der Waals surface area contributed by atoms with Crippen molar-refractivity contribution in [3.05, 3.63) is 107 Å². The molecule has 8 nitrogen and oxygen atoms in total. The first-order valence-corrected chi connectivity index (χ1v) is 15.0. The molecule has 8 heteroatoms. The van der Waals surface area contributed by atoms with Gasteiger partial charge in [-0.2, -0.15) is 0 Å². The van der Waals surface area contributed by atoms with Crippen LogP contribution in [-0.2, 0) is 39.5 Å². The highest BCUT2D eigenvalue weighted by Crippen LogP contribution is 2.45. The van der Waals surface area contributed by atoms with Gasteiger partial charge in [0.15, 0.2) is 5.60 Å². The number of hydrogen-bond donors (Lipinski definition) is 2. The summed E-state index contributed by atoms with van der Waals surface area (Å²) in [6.45, 7) is 3.12. The van der Waals surface area contributed by atoms with Gasteiger partial charge in [-0.15, -0.1) is 0 Å². The molecule has 0 bridgehead atoms. The molecule has 43 heavy (non-hydrogen) atoms. The molecule has 3 amide bonds. The smallest absolute Gasteiger partial charge is 0.264 e. The molecule has 1 fully saturated rings. The lowest BCUT2D eigenvalue weighted by Gasteiger charge is -2.36. The van der Waals surface area contributed by atoms with Gasteiger partial charge in [0.25, 0.3) is 5.91 Å². The zero-order valence-electron chi connectivity index (χ0n) is 24.4. The van der Waals surface area contributed by atoms with E-state index in [1.807, 2.05) is 66.7 Å². The predicted molar refractivity (Wildman–Crippen MR) is 164 cm³/mol. The van der Waals surface area contributed by atoms with E-state index in [-0.39, 0.29) is 37.4 Å². The zero-order valence-corrected chi connectivity index (χ0v) is 24.4. The monoisotopic (exact) mass is 579 g/mol. The lowest BCUT2D eigenvalue weighted by Crippen LogP contribution is -2.46. The third-order valence-corrected chi connectivity index (χ3v) is 9.10. The molecule has 0 saturated carbocycles. The molecule has 3 aliphatic rings. The number of nitrogens with zero attached hydrogens (tertiary/aromatic N) is 3. The summed E-state index contributed by atoms with van der Waals surface area (Å²) in [6.07, 6.45) is 5.59. The Balaban J connectivity index is 1.16. The average Bonchev–Trinajstić information content (AvgIpc) is 3.56. The van der Waals surface area contributed by atoms with Crippen LogP contribution in [0.15, 0.2) is 84.9 Å². The molecular weight excluding hydrogens is 542 g/mol. The van der Waals surface area contributed by atoms with Crippen molar-refractivity contribution in [1.29, 1.82) is 0 Å². The van der Waals surface area contributed by atoms with Gasteiger partial charge >= 0.3 is 0 Å². The molecular formula is C35H37N3O5. The second kappa shape index (κ2) is 11.8. The summed E-state index contributed by atoms with van der Waals surface area (Å²) in [6, 6.07) is 22.6. The molecule has 0 radical (unpaired) electrons. The number of aliphatic hydroxyl groups is 2. The van der Waals surface area contributed by atoms with Gasteiger partial charge in [-0.05, 0) is 47.7 Å². The third-order valence-electron chi connectivity index (χ3n) is 9.10. The molecule has 0 aliphatic carbocycles. The van der Waals surface area contributed by atoms with Crippen LogP contribution in [0.1, 0.15) is 48.4 Å². The van der Waals surface area contributed by atoms with E-state index in [9.17, 15) is 24.6 Å². The van der Waals surface area contributed by atoms with E-state index in [0.717, 1.165) is 28.8 Å². The minimum absolute atomic E-state index is 0.102. The maximum atomic E-state index is 13.9. The summed E-state index contributed by atoms with van der Waals surface area (Å²) in [5, 5.41) is 21.9. The molecule has 2 N–H and O–H groups in total. The summed E-state index contributed by atoms with van der Waals surface area (Å²) in [5.74, 6) is -0.996. The van der Waals surface area contributed by atoms with Crippen molar-refractivity contribution in [2.45, 2.75) is 57.3 Å². The van der Waals surface area contributed by atoms with Crippen LogP contribution in [0.3, 0.4) is 0 Å². The van der Waals surface area contributed by atoms with Gasteiger partial charge in [0, 0.05) is 43.1 Å². The Morgan fingerprint density at radius 2 is 1.74 bits per heavy atom. The standard InChI is InChI=1S/C35H37N3O5/c1-24(8-6-13-33(41)37-22-27-10-3-2-9-26(27)20-29(37)23-39)35(43)30-11-4-5-12-31(30)38(34(35)42)21-25-15-17-28(18-16-25)36-19-7-14-32(36)40/h2-6,8-12,15-18,24,29,39,43H,7,13-14,19-23H2,1H3/b8-6+/t24-,29+,35+/m1/s1. The van der Waals surface area contributed by atoms with Crippen molar-refractivity contribution < 1.29 is 24.6 Å². The fraction of sp³-hybridized carbons (Fsp3) is 0.343. The summed E-state index contributed by atoms with van der Waals surface area (Å²) in [4.78, 5) is 44.3. The van der Waals surface area contributed by atoms with Crippen molar-refractivity contribution in [3.8, 4) is 0 Å². The Kier molecular flexibility index (Phi) is 7.90. The summed E-state index contributed by atoms with van der Waals surface area (Å²) in [7, 11) is 0. The van der Waals surface area contributed by atoms with Crippen molar-refractivity contribution >= 4 is 29.1 Å². The van der Waals surface area contributed by atoms with E-state index in [1.54, 1.807) is 39.8 Å². The molecule has 0 unspecified atom stereocenters. The Hall–Kier alpha value is -4.27. The van der Waals surface area contributed by atoms with Crippen LogP contribution in [0.25, 0.3) is 0 Å². The molecule has 0 aromatic heterocycles. The number of fused-ring (bicyclic) bond motifs is 2. The number of anilines is 2. The Bertz CT molecular complexity index is 1570.